The maximum Gasteiger partial charge on any atom is 0.293 e. The van der Waals surface area contributed by atoms with Gasteiger partial charge in [-0.2, -0.15) is 4.98 Å². The van der Waals surface area contributed by atoms with Crippen LogP contribution in [0.3, 0.4) is 0 Å². The number of nitro benzene ring substituents is 1. The number of pyridine rings is 1. The van der Waals surface area contributed by atoms with Gasteiger partial charge in [0.05, 0.1) is 34.2 Å². The summed E-state index contributed by atoms with van der Waals surface area (Å²) in [4.78, 5) is 50.9. The Morgan fingerprint density at radius 1 is 1.03 bits per heavy atom. The minimum Gasteiger partial charge on any atom is -0.474 e. The summed E-state index contributed by atoms with van der Waals surface area (Å²) in [5.41, 5.74) is 6.77. The zero-order valence-corrected chi connectivity index (χ0v) is 41.1. The lowest BCUT2D eigenvalue weighted by Crippen LogP contribution is -2.47. The van der Waals surface area contributed by atoms with E-state index in [4.69, 9.17) is 25.8 Å². The number of hydrogen-bond donors (Lipinski definition) is 4. The van der Waals surface area contributed by atoms with Crippen LogP contribution in [0.5, 0.6) is 5.88 Å². The van der Waals surface area contributed by atoms with Crippen LogP contribution in [0.2, 0.25) is 5.02 Å². The number of hydrogen-bond acceptors (Lipinski definition) is 13. The van der Waals surface area contributed by atoms with Crippen molar-refractivity contribution in [3.05, 3.63) is 111 Å². The second kappa shape index (κ2) is 19.6. The normalized spacial score (nSPS) is 21.0. The topological polar surface area (TPSA) is 195 Å². The van der Waals surface area contributed by atoms with E-state index in [1.54, 1.807) is 12.3 Å². The van der Waals surface area contributed by atoms with Crippen molar-refractivity contribution >= 4 is 80.3 Å². The fourth-order valence-corrected chi connectivity index (χ4v) is 13.6. The number of allylic oxidation sites excluding steroid dienone is 1. The molecule has 2 saturated heterocycles. The molecule has 2 fully saturated rings. The molecule has 0 radical (unpaired) electrons. The maximum atomic E-state index is 14.4. The summed E-state index contributed by atoms with van der Waals surface area (Å²) in [6.45, 7) is 12.0. The number of amides is 1. The number of benzene rings is 3. The number of aromatic amines is 1. The van der Waals surface area contributed by atoms with E-state index >= 15 is 0 Å². The molecule has 5 heterocycles. The molecule has 2 aromatic heterocycles. The Labute approximate surface area is 402 Å². The van der Waals surface area contributed by atoms with Crippen molar-refractivity contribution in [2.75, 3.05) is 86.5 Å². The van der Waals surface area contributed by atoms with Gasteiger partial charge in [-0.05, 0) is 116 Å². The Morgan fingerprint density at radius 3 is 2.53 bits per heavy atom. The van der Waals surface area contributed by atoms with Crippen LogP contribution in [0.1, 0.15) is 68.8 Å². The molecule has 4 aliphatic rings. The van der Waals surface area contributed by atoms with Crippen LogP contribution in [-0.4, -0.2) is 110 Å². The first-order valence-electron chi connectivity index (χ1n) is 23.4. The molecule has 0 unspecified atom stereocenters. The molecule has 3 aromatic carbocycles. The minimum atomic E-state index is -4.60. The van der Waals surface area contributed by atoms with Crippen LogP contribution in [0.4, 0.5) is 28.4 Å². The Bertz CT molecular complexity index is 2840. The molecule has 9 rings (SSSR count). The predicted molar refractivity (Wildman–Crippen MR) is 269 cm³/mol. The molecule has 0 bridgehead atoms. The summed E-state index contributed by atoms with van der Waals surface area (Å²) in [7, 11) is -7.00. The van der Waals surface area contributed by atoms with Gasteiger partial charge in [0.25, 0.3) is 29.3 Å². The fraction of sp³-hybridized carbons (Fsp3) is 0.429. The quantitative estimate of drug-likeness (QED) is 0.0468. The molecule has 5 aromatic rings. The van der Waals surface area contributed by atoms with Crippen LogP contribution in [0, 0.1) is 21.4 Å². The molecular formula is C49H59ClN8O8PS+. The first-order chi connectivity index (χ1) is 32.6. The number of piperazine rings is 1. The van der Waals surface area contributed by atoms with Gasteiger partial charge in [0.2, 0.25) is 5.88 Å². The summed E-state index contributed by atoms with van der Waals surface area (Å²) in [6.07, 6.45) is 7.51. The number of rotatable bonds is 14. The summed E-state index contributed by atoms with van der Waals surface area (Å²) < 4.78 is 41.8. The lowest BCUT2D eigenvalue weighted by molar-refractivity contribution is -0.384. The van der Waals surface area contributed by atoms with Crippen LogP contribution in [-0.2, 0) is 14.5 Å². The van der Waals surface area contributed by atoms with Gasteiger partial charge in [0, 0.05) is 67.6 Å². The second-order valence-corrected chi connectivity index (χ2v) is 24.0. The first-order valence-corrected chi connectivity index (χ1v) is 27.3. The fourth-order valence-electron chi connectivity index (χ4n) is 9.96. The van der Waals surface area contributed by atoms with E-state index < -0.39 is 39.2 Å². The van der Waals surface area contributed by atoms with Crippen molar-refractivity contribution in [3.63, 3.8) is 0 Å². The van der Waals surface area contributed by atoms with Crippen molar-refractivity contribution < 1.29 is 32.3 Å². The van der Waals surface area contributed by atoms with Gasteiger partial charge in [-0.25, -0.2) is 22.6 Å². The largest absolute Gasteiger partial charge is 0.474 e. The zero-order valence-electron chi connectivity index (χ0n) is 38.7. The maximum absolute atomic E-state index is 14.4. The predicted octanol–water partition coefficient (Wildman–Crippen LogP) is 9.26. The highest BCUT2D eigenvalue weighted by Crippen LogP contribution is 2.60. The number of nitro groups is 1. The molecule has 3 aliphatic heterocycles. The highest BCUT2D eigenvalue weighted by Gasteiger charge is 2.42. The molecule has 0 atom stereocenters. The van der Waals surface area contributed by atoms with Crippen molar-refractivity contribution in [1.82, 2.24) is 19.6 Å². The molecule has 4 N–H and O–H groups in total. The Hall–Kier alpha value is -5.29. The van der Waals surface area contributed by atoms with E-state index in [1.165, 1.54) is 28.8 Å². The van der Waals surface area contributed by atoms with Gasteiger partial charge >= 0.3 is 0 Å². The number of ether oxygens (including phenoxy) is 1. The van der Waals surface area contributed by atoms with Crippen LogP contribution < -0.4 is 24.6 Å². The van der Waals surface area contributed by atoms with Gasteiger partial charge in [0.1, 0.15) is 36.0 Å². The highest BCUT2D eigenvalue weighted by atomic mass is 35.5. The number of fused-ring (bicyclic) bond motifs is 2. The molecule has 360 valence electrons. The summed E-state index contributed by atoms with van der Waals surface area (Å²) in [5, 5.41) is 17.0. The molecular weight excluding hydrogens is 927 g/mol. The van der Waals surface area contributed by atoms with Crippen molar-refractivity contribution in [3.8, 4) is 5.88 Å². The smallest absolute Gasteiger partial charge is 0.293 e. The summed E-state index contributed by atoms with van der Waals surface area (Å²) >= 11 is 6.27. The molecule has 16 nitrogen and oxygen atoms in total. The number of carbonyl (C=O) groups is 1. The van der Waals surface area contributed by atoms with Gasteiger partial charge in [0.15, 0.2) is 0 Å². The summed E-state index contributed by atoms with van der Waals surface area (Å²) in [5.74, 6) is -0.364. The number of sulfonamides is 1. The monoisotopic (exact) mass is 985 g/mol. The summed E-state index contributed by atoms with van der Waals surface area (Å²) in [6, 6.07) is 21.0. The molecule has 1 amide bonds. The third-order valence-corrected chi connectivity index (χ3v) is 18.0. The third-order valence-electron chi connectivity index (χ3n) is 13.8. The zero-order chi connectivity index (χ0) is 47.8. The standard InChI is InChI=1S/C49H58ClN8O8PS/c1-4-66-67(62)25-15-33(16-26-67)31-52-42-12-10-39(29-44(42)58(60)61)68(63,64)54-47(59)40-11-9-38(28-43(40)57-23-24-65-48-45(57)27-35-14-18-51-46(35)53-48)56-21-19-55(20-22-56)32-36-13-17-49(2,3)30-41(36)34-5-7-37(50)8-6-34/h5-12,14,18,27-29,33,52,62H,4,13,15-17,19-26,30-32H2,1-3H3,(H-,51,53,54,59)/p+1. The van der Waals surface area contributed by atoms with E-state index in [0.29, 0.717) is 67.8 Å². The lowest BCUT2D eigenvalue weighted by atomic mass is 9.72. The number of nitrogens with zero attached hydrogens (tertiary/aromatic N) is 5. The number of carbonyl (C=O) groups excluding carboxylic acids is 1. The first kappa shape index (κ1) is 47.8. The highest BCUT2D eigenvalue weighted by molar-refractivity contribution is 7.90. The van der Waals surface area contributed by atoms with Crippen LogP contribution in [0.15, 0.2) is 89.5 Å². The SMILES string of the molecule is CCO[P+]1(O)CCC(CNc2ccc(S(=O)(=O)NC(=O)c3ccc(N4CCN(CC5=C(c6ccc(Cl)cc6)CC(C)(C)CC5)CC4)cc3N3CCOc4nc5[nH]ccc5cc43)cc2[N+](=O)[O-])CC1. The van der Waals surface area contributed by atoms with E-state index in [2.05, 4.69) is 50.8 Å². The number of anilines is 4. The molecule has 1 aliphatic carbocycles. The van der Waals surface area contributed by atoms with E-state index in [1.807, 2.05) is 48.2 Å². The Morgan fingerprint density at radius 2 is 1.79 bits per heavy atom. The van der Waals surface area contributed by atoms with Gasteiger partial charge in [-0.1, -0.05) is 43.2 Å². The molecule has 0 saturated carbocycles. The van der Waals surface area contributed by atoms with E-state index in [9.17, 15) is 28.2 Å². The van der Waals surface area contributed by atoms with Crippen molar-refractivity contribution in [2.45, 2.75) is 57.8 Å². The van der Waals surface area contributed by atoms with Gasteiger partial charge < -0.3 is 24.8 Å². The van der Waals surface area contributed by atoms with Crippen molar-refractivity contribution in [1.29, 1.82) is 0 Å². The number of aromatic nitrogens is 2. The minimum absolute atomic E-state index is 0.0961. The van der Waals surface area contributed by atoms with Crippen molar-refractivity contribution in [2.24, 2.45) is 11.3 Å². The number of H-pyrrole nitrogens is 1. The number of halogens is 1. The Kier molecular flexibility index (Phi) is 13.8. The molecule has 19 heteroatoms. The number of nitrogens with one attached hydrogen (secondary N) is 3. The third kappa shape index (κ3) is 10.5. The van der Waals surface area contributed by atoms with Gasteiger partial charge in [-0.3, -0.25) is 19.8 Å². The van der Waals surface area contributed by atoms with Gasteiger partial charge in [-0.15, -0.1) is 0 Å². The van der Waals surface area contributed by atoms with E-state index in [0.717, 1.165) is 74.1 Å². The average molecular weight is 987 g/mol. The van der Waals surface area contributed by atoms with Crippen LogP contribution >= 0.6 is 19.3 Å². The Balaban J connectivity index is 0.951. The second-order valence-electron chi connectivity index (χ2n) is 19.0. The van der Waals surface area contributed by atoms with E-state index in [-0.39, 0.29) is 29.2 Å². The van der Waals surface area contributed by atoms with Crippen LogP contribution in [0.25, 0.3) is 16.6 Å². The lowest BCUT2D eigenvalue weighted by Gasteiger charge is -2.39. The average Bonchev–Trinajstić information content (AvgIpc) is 3.78. The molecule has 68 heavy (non-hydrogen) atoms. The molecule has 0 spiro atoms.